The summed E-state index contributed by atoms with van der Waals surface area (Å²) in [6, 6.07) is 15.0. The van der Waals surface area contributed by atoms with Crippen LogP contribution in [-0.4, -0.2) is 60.0 Å². The Balaban J connectivity index is 1.60. The van der Waals surface area contributed by atoms with Gasteiger partial charge in [-0.1, -0.05) is 29.8 Å². The van der Waals surface area contributed by atoms with Crippen molar-refractivity contribution in [3.05, 3.63) is 71.1 Å². The minimum absolute atomic E-state index is 0.279. The summed E-state index contributed by atoms with van der Waals surface area (Å²) in [7, 11) is 0. The number of benzene rings is 2. The highest BCUT2D eigenvalue weighted by molar-refractivity contribution is 6.30. The lowest BCUT2D eigenvalue weighted by Crippen LogP contribution is -2.41. The second-order valence-corrected chi connectivity index (χ2v) is 7.43. The van der Waals surface area contributed by atoms with Crippen LogP contribution in [0.25, 0.3) is 16.9 Å². The van der Waals surface area contributed by atoms with Crippen molar-refractivity contribution in [1.29, 1.82) is 0 Å². The van der Waals surface area contributed by atoms with E-state index in [1.165, 1.54) is 10.7 Å². The molecule has 1 saturated heterocycles. The molecule has 1 aliphatic heterocycles. The molecule has 1 aliphatic rings. The van der Waals surface area contributed by atoms with Gasteiger partial charge in [0, 0.05) is 36.8 Å². The molecule has 0 saturated carbocycles. The molecule has 3 aromatic rings. The normalized spacial score (nSPS) is 14.6. The van der Waals surface area contributed by atoms with Crippen molar-refractivity contribution in [1.82, 2.24) is 20.0 Å². The quantitative estimate of drug-likeness (QED) is 0.653. The third-order valence-electron chi connectivity index (χ3n) is 4.96. The maximum absolute atomic E-state index is 14.3. The lowest BCUT2D eigenvalue weighted by Gasteiger charge is -2.26. The molecule has 156 valence electrons. The summed E-state index contributed by atoms with van der Waals surface area (Å²) >= 11 is 6.13. The van der Waals surface area contributed by atoms with Crippen LogP contribution in [0.4, 0.5) is 4.39 Å². The molecule has 0 unspecified atom stereocenters. The van der Waals surface area contributed by atoms with Gasteiger partial charge in [0.15, 0.2) is 0 Å². The zero-order chi connectivity index (χ0) is 20.9. The van der Waals surface area contributed by atoms with Gasteiger partial charge in [-0.15, -0.1) is 0 Å². The van der Waals surface area contributed by atoms with Crippen molar-refractivity contribution >= 4 is 17.5 Å². The molecule has 2 heterocycles. The molecule has 2 aromatic carbocycles. The number of amides is 1. The van der Waals surface area contributed by atoms with Crippen LogP contribution in [0.5, 0.6) is 0 Å². The van der Waals surface area contributed by atoms with Crippen LogP contribution < -0.4 is 5.32 Å². The third kappa shape index (κ3) is 4.70. The van der Waals surface area contributed by atoms with E-state index in [9.17, 15) is 9.18 Å². The molecule has 6 nitrogen and oxygen atoms in total. The number of ether oxygens (including phenoxy) is 1. The van der Waals surface area contributed by atoms with Crippen LogP contribution >= 0.6 is 11.6 Å². The van der Waals surface area contributed by atoms with Crippen LogP contribution in [0.3, 0.4) is 0 Å². The summed E-state index contributed by atoms with van der Waals surface area (Å²) in [6.07, 6.45) is 0. The maximum atomic E-state index is 14.3. The number of rotatable bonds is 6. The van der Waals surface area contributed by atoms with Gasteiger partial charge in [-0.05, 0) is 36.4 Å². The number of nitrogens with zero attached hydrogens (tertiary/aromatic N) is 3. The van der Waals surface area contributed by atoms with E-state index in [1.54, 1.807) is 48.5 Å². The number of morpholine rings is 1. The van der Waals surface area contributed by atoms with Crippen LogP contribution in [0.2, 0.25) is 5.02 Å². The number of hydrogen-bond donors (Lipinski definition) is 1. The van der Waals surface area contributed by atoms with E-state index in [-0.39, 0.29) is 5.91 Å². The number of carbonyl (C=O) groups excluding carboxylic acids is 1. The molecule has 1 fully saturated rings. The molecule has 1 aromatic heterocycles. The summed E-state index contributed by atoms with van der Waals surface area (Å²) in [5, 5.41) is 7.97. The fraction of sp³-hybridized carbons (Fsp3) is 0.273. The van der Waals surface area contributed by atoms with E-state index < -0.39 is 5.82 Å². The third-order valence-corrected chi connectivity index (χ3v) is 5.20. The monoisotopic (exact) mass is 428 g/mol. The molecule has 0 radical (unpaired) electrons. The smallest absolute Gasteiger partial charge is 0.270 e. The Labute approximate surface area is 179 Å². The van der Waals surface area contributed by atoms with Gasteiger partial charge >= 0.3 is 0 Å². The Kier molecular flexibility index (Phi) is 6.42. The molecule has 0 atom stereocenters. The van der Waals surface area contributed by atoms with Crippen LogP contribution in [0.15, 0.2) is 54.6 Å². The number of hydrogen-bond acceptors (Lipinski definition) is 4. The number of halogens is 2. The predicted molar refractivity (Wildman–Crippen MR) is 114 cm³/mol. The lowest BCUT2D eigenvalue weighted by molar-refractivity contribution is 0.0383. The molecule has 1 amide bonds. The molecule has 1 N–H and O–H groups in total. The molecule has 0 spiro atoms. The average molecular weight is 429 g/mol. The van der Waals surface area contributed by atoms with Gasteiger partial charge in [-0.3, -0.25) is 9.69 Å². The lowest BCUT2D eigenvalue weighted by atomic mass is 10.1. The standard InChI is InChI=1S/C22H22ClFN4O2/c23-16-4-3-5-17(14-16)28-21(15-20(26-28)18-6-1-2-7-19(18)24)22(29)25-8-9-27-10-12-30-13-11-27/h1-7,14-15H,8-13H2,(H,25,29). The summed E-state index contributed by atoms with van der Waals surface area (Å²) in [5.41, 5.74) is 1.66. The van der Waals surface area contributed by atoms with Crippen LogP contribution in [-0.2, 0) is 4.74 Å². The van der Waals surface area contributed by atoms with E-state index in [2.05, 4.69) is 15.3 Å². The summed E-state index contributed by atoms with van der Waals surface area (Å²) in [4.78, 5) is 15.2. The minimum Gasteiger partial charge on any atom is -0.379 e. The van der Waals surface area contributed by atoms with Crippen molar-refractivity contribution in [3.63, 3.8) is 0 Å². The van der Waals surface area contributed by atoms with Gasteiger partial charge in [-0.25, -0.2) is 9.07 Å². The van der Waals surface area contributed by atoms with Crippen molar-refractivity contribution in [3.8, 4) is 16.9 Å². The van der Waals surface area contributed by atoms with E-state index >= 15 is 0 Å². The first kappa shape index (κ1) is 20.5. The largest absolute Gasteiger partial charge is 0.379 e. The van der Waals surface area contributed by atoms with Crippen LogP contribution in [0, 0.1) is 5.82 Å². The number of carbonyl (C=O) groups is 1. The first-order valence-corrected chi connectivity index (χ1v) is 10.2. The summed E-state index contributed by atoms with van der Waals surface area (Å²) in [5.74, 6) is -0.675. The van der Waals surface area contributed by atoms with Crippen molar-refractivity contribution in [2.75, 3.05) is 39.4 Å². The van der Waals surface area contributed by atoms with Gasteiger partial charge in [0.25, 0.3) is 5.91 Å². The van der Waals surface area contributed by atoms with Gasteiger partial charge in [0.1, 0.15) is 11.5 Å². The molecule has 30 heavy (non-hydrogen) atoms. The predicted octanol–water partition coefficient (Wildman–Crippen LogP) is 3.39. The summed E-state index contributed by atoms with van der Waals surface area (Å²) < 4.78 is 21.1. The van der Waals surface area contributed by atoms with Crippen molar-refractivity contribution < 1.29 is 13.9 Å². The first-order valence-electron chi connectivity index (χ1n) is 9.81. The topological polar surface area (TPSA) is 59.4 Å². The van der Waals surface area contributed by atoms with E-state index in [0.29, 0.717) is 47.4 Å². The Morgan fingerprint density at radius 3 is 2.70 bits per heavy atom. The minimum atomic E-state index is -0.396. The molecule has 4 rings (SSSR count). The Morgan fingerprint density at radius 1 is 1.13 bits per heavy atom. The molecule has 0 aliphatic carbocycles. The fourth-order valence-corrected chi connectivity index (χ4v) is 3.58. The average Bonchev–Trinajstić information content (AvgIpc) is 3.20. The number of aromatic nitrogens is 2. The number of nitrogens with one attached hydrogen (secondary N) is 1. The van der Waals surface area contributed by atoms with E-state index in [1.807, 2.05) is 0 Å². The highest BCUT2D eigenvalue weighted by atomic mass is 35.5. The van der Waals surface area contributed by atoms with Gasteiger partial charge in [0.05, 0.1) is 24.6 Å². The zero-order valence-electron chi connectivity index (χ0n) is 16.4. The fourth-order valence-electron chi connectivity index (χ4n) is 3.39. The highest BCUT2D eigenvalue weighted by Crippen LogP contribution is 2.25. The van der Waals surface area contributed by atoms with Gasteiger partial charge < -0.3 is 10.1 Å². The van der Waals surface area contributed by atoms with E-state index in [4.69, 9.17) is 16.3 Å². The second kappa shape index (κ2) is 9.38. The molecular formula is C22H22ClFN4O2. The second-order valence-electron chi connectivity index (χ2n) is 7.00. The Hall–Kier alpha value is -2.74. The van der Waals surface area contributed by atoms with Crippen molar-refractivity contribution in [2.24, 2.45) is 0 Å². The maximum Gasteiger partial charge on any atom is 0.270 e. The molecular weight excluding hydrogens is 407 g/mol. The Bertz CT molecular complexity index is 1030. The molecule has 8 heteroatoms. The van der Waals surface area contributed by atoms with Gasteiger partial charge in [0.2, 0.25) is 0 Å². The van der Waals surface area contributed by atoms with Gasteiger partial charge in [-0.2, -0.15) is 5.10 Å². The zero-order valence-corrected chi connectivity index (χ0v) is 17.1. The first-order chi connectivity index (χ1) is 14.6. The SMILES string of the molecule is O=C(NCCN1CCOCC1)c1cc(-c2ccccc2F)nn1-c1cccc(Cl)c1. The van der Waals surface area contributed by atoms with Crippen LogP contribution in [0.1, 0.15) is 10.5 Å². The molecule has 0 bridgehead atoms. The van der Waals surface area contributed by atoms with Crippen molar-refractivity contribution in [2.45, 2.75) is 0 Å². The highest BCUT2D eigenvalue weighted by Gasteiger charge is 2.19. The summed E-state index contributed by atoms with van der Waals surface area (Å²) in [6.45, 7) is 4.36. The van der Waals surface area contributed by atoms with E-state index in [0.717, 1.165) is 19.6 Å². The Morgan fingerprint density at radius 2 is 1.93 bits per heavy atom.